The molecule has 0 radical (unpaired) electrons. The molecule has 2 rings (SSSR count). The molecule has 2 aliphatic rings. The Balaban J connectivity index is 1.93. The normalized spacial score (nSPS) is 27.3. The largest absolute Gasteiger partial charge is 0.0885 e. The molecule has 12 heavy (non-hydrogen) atoms. The smallest absolute Gasteiger partial charge is 0.0117 e. The third-order valence-corrected chi connectivity index (χ3v) is 3.08. The van der Waals surface area contributed by atoms with E-state index in [1.807, 2.05) is 0 Å². The van der Waals surface area contributed by atoms with Crippen molar-refractivity contribution in [3.05, 3.63) is 24.3 Å². The number of hydrogen-bond acceptors (Lipinski definition) is 0. The molecule has 0 aromatic rings. The molecule has 0 saturated heterocycles. The van der Waals surface area contributed by atoms with Crippen LogP contribution < -0.4 is 0 Å². The molecule has 66 valence electrons. The monoisotopic (exact) mass is 162 g/mol. The van der Waals surface area contributed by atoms with Gasteiger partial charge in [0.1, 0.15) is 0 Å². The number of allylic oxidation sites excluding steroid dienone is 4. The highest BCUT2D eigenvalue weighted by Gasteiger charge is 2.38. The highest BCUT2D eigenvalue weighted by Crippen LogP contribution is 2.51. The molecular weight excluding hydrogens is 144 g/mol. The van der Waals surface area contributed by atoms with Gasteiger partial charge in [-0.15, -0.1) is 0 Å². The average molecular weight is 162 g/mol. The molecule has 1 fully saturated rings. The lowest BCUT2D eigenvalue weighted by Crippen LogP contribution is -1.95. The zero-order valence-electron chi connectivity index (χ0n) is 7.76. The van der Waals surface area contributed by atoms with Gasteiger partial charge in [-0.1, -0.05) is 24.3 Å². The summed E-state index contributed by atoms with van der Waals surface area (Å²) in [5.74, 6) is 0. The first-order chi connectivity index (χ1) is 5.91. The van der Waals surface area contributed by atoms with E-state index >= 15 is 0 Å². The van der Waals surface area contributed by atoms with Gasteiger partial charge in [0.2, 0.25) is 0 Å². The lowest BCUT2D eigenvalue weighted by molar-refractivity contribution is 0.552. The van der Waals surface area contributed by atoms with Crippen molar-refractivity contribution < 1.29 is 0 Å². The van der Waals surface area contributed by atoms with Crippen molar-refractivity contribution in [2.75, 3.05) is 0 Å². The fraction of sp³-hybridized carbons (Fsp3) is 0.667. The highest BCUT2D eigenvalue weighted by atomic mass is 14.4. The van der Waals surface area contributed by atoms with Crippen LogP contribution in [0.4, 0.5) is 0 Å². The van der Waals surface area contributed by atoms with Crippen LogP contribution in [0.2, 0.25) is 0 Å². The second-order valence-corrected chi connectivity index (χ2v) is 4.21. The molecule has 0 N–H and O–H groups in total. The highest BCUT2D eigenvalue weighted by molar-refractivity contribution is 5.10. The summed E-state index contributed by atoms with van der Waals surface area (Å²) in [7, 11) is 0. The van der Waals surface area contributed by atoms with Crippen molar-refractivity contribution in [2.24, 2.45) is 5.41 Å². The number of rotatable bonds is 0. The zero-order chi connectivity index (χ0) is 8.28. The SMILES string of the molecule is C1=CCCCC2(C=CCC1)CC2. The zero-order valence-corrected chi connectivity index (χ0v) is 7.76. The van der Waals surface area contributed by atoms with E-state index in [2.05, 4.69) is 24.3 Å². The first-order valence-electron chi connectivity index (χ1n) is 5.24. The fourth-order valence-corrected chi connectivity index (χ4v) is 1.99. The maximum atomic E-state index is 2.49. The Hall–Kier alpha value is -0.520. The Bertz CT molecular complexity index is 194. The first kappa shape index (κ1) is 8.10. The Morgan fingerprint density at radius 3 is 2.33 bits per heavy atom. The number of hydrogen-bond donors (Lipinski definition) is 0. The lowest BCUT2D eigenvalue weighted by Gasteiger charge is -2.09. The Kier molecular flexibility index (Phi) is 2.34. The maximum absolute atomic E-state index is 2.49. The molecule has 0 heteroatoms. The van der Waals surface area contributed by atoms with Crippen molar-refractivity contribution in [1.82, 2.24) is 0 Å². The molecule has 0 unspecified atom stereocenters. The van der Waals surface area contributed by atoms with Crippen LogP contribution >= 0.6 is 0 Å². The van der Waals surface area contributed by atoms with Crippen LogP contribution in [0, 0.1) is 5.41 Å². The van der Waals surface area contributed by atoms with Crippen LogP contribution in [0.5, 0.6) is 0 Å². The van der Waals surface area contributed by atoms with Crippen LogP contribution in [-0.2, 0) is 0 Å². The van der Waals surface area contributed by atoms with Crippen molar-refractivity contribution in [2.45, 2.75) is 44.9 Å². The summed E-state index contributed by atoms with van der Waals surface area (Å²) in [5, 5.41) is 0. The molecule has 0 atom stereocenters. The molecule has 0 heterocycles. The van der Waals surface area contributed by atoms with E-state index in [0.717, 1.165) is 0 Å². The lowest BCUT2D eigenvalue weighted by atomic mass is 9.97. The van der Waals surface area contributed by atoms with E-state index < -0.39 is 0 Å². The standard InChI is InChI=1S/C12H18/c1-2-4-6-8-12(10-11-12)9-7-5-3-1/h1-2,7,9H,3-6,8,10-11H2. The van der Waals surface area contributed by atoms with E-state index in [1.54, 1.807) is 0 Å². The van der Waals surface area contributed by atoms with Crippen LogP contribution in [-0.4, -0.2) is 0 Å². The molecule has 1 saturated carbocycles. The van der Waals surface area contributed by atoms with E-state index in [-0.39, 0.29) is 0 Å². The quantitative estimate of drug-likeness (QED) is 0.475. The molecule has 1 spiro atoms. The van der Waals surface area contributed by atoms with Gasteiger partial charge in [-0.05, 0) is 50.4 Å². The molecule has 0 amide bonds. The van der Waals surface area contributed by atoms with Gasteiger partial charge in [-0.2, -0.15) is 0 Å². The minimum atomic E-state index is 0.672. The summed E-state index contributed by atoms with van der Waals surface area (Å²) in [6.45, 7) is 0. The van der Waals surface area contributed by atoms with Gasteiger partial charge in [0.25, 0.3) is 0 Å². The third-order valence-electron chi connectivity index (χ3n) is 3.08. The average Bonchev–Trinajstić information content (AvgIpc) is 2.84. The van der Waals surface area contributed by atoms with Crippen molar-refractivity contribution in [3.63, 3.8) is 0 Å². The molecule has 0 aromatic heterocycles. The fourth-order valence-electron chi connectivity index (χ4n) is 1.99. The van der Waals surface area contributed by atoms with Gasteiger partial charge in [0.05, 0.1) is 0 Å². The molecule has 0 aromatic carbocycles. The van der Waals surface area contributed by atoms with Gasteiger partial charge in [-0.3, -0.25) is 0 Å². The van der Waals surface area contributed by atoms with Gasteiger partial charge in [0, 0.05) is 0 Å². The predicted octanol–water partition coefficient (Wildman–Crippen LogP) is 3.84. The van der Waals surface area contributed by atoms with Crippen LogP contribution in [0.25, 0.3) is 0 Å². The predicted molar refractivity (Wildman–Crippen MR) is 53.0 cm³/mol. The van der Waals surface area contributed by atoms with Crippen LogP contribution in [0.3, 0.4) is 0 Å². The van der Waals surface area contributed by atoms with Gasteiger partial charge >= 0.3 is 0 Å². The van der Waals surface area contributed by atoms with Crippen LogP contribution in [0.1, 0.15) is 44.9 Å². The second kappa shape index (κ2) is 3.47. The maximum Gasteiger partial charge on any atom is -0.0117 e. The van der Waals surface area contributed by atoms with E-state index in [4.69, 9.17) is 0 Å². The first-order valence-corrected chi connectivity index (χ1v) is 5.24. The molecular formula is C12H18. The minimum Gasteiger partial charge on any atom is -0.0885 e. The summed E-state index contributed by atoms with van der Waals surface area (Å²) in [4.78, 5) is 0. The summed E-state index contributed by atoms with van der Waals surface area (Å²) < 4.78 is 0. The molecule has 0 nitrogen and oxygen atoms in total. The van der Waals surface area contributed by atoms with Gasteiger partial charge in [0.15, 0.2) is 0 Å². The Labute approximate surface area is 75.4 Å². The summed E-state index contributed by atoms with van der Waals surface area (Å²) >= 11 is 0. The summed E-state index contributed by atoms with van der Waals surface area (Å²) in [5.41, 5.74) is 0.672. The van der Waals surface area contributed by atoms with Gasteiger partial charge < -0.3 is 0 Å². The van der Waals surface area contributed by atoms with Crippen molar-refractivity contribution in [3.8, 4) is 0 Å². The summed E-state index contributed by atoms with van der Waals surface area (Å²) in [6.07, 6.45) is 19.1. The third kappa shape index (κ3) is 2.00. The van der Waals surface area contributed by atoms with Gasteiger partial charge in [-0.25, -0.2) is 0 Å². The van der Waals surface area contributed by atoms with Crippen molar-refractivity contribution in [1.29, 1.82) is 0 Å². The summed E-state index contributed by atoms with van der Waals surface area (Å²) in [6, 6.07) is 0. The van der Waals surface area contributed by atoms with Crippen LogP contribution in [0.15, 0.2) is 24.3 Å². The molecule has 0 aliphatic heterocycles. The van der Waals surface area contributed by atoms with E-state index in [0.29, 0.717) is 5.41 Å². The molecule has 2 aliphatic carbocycles. The minimum absolute atomic E-state index is 0.672. The Morgan fingerprint density at radius 2 is 1.50 bits per heavy atom. The second-order valence-electron chi connectivity index (χ2n) is 4.21. The van der Waals surface area contributed by atoms with Crippen molar-refractivity contribution >= 4 is 0 Å². The molecule has 0 bridgehead atoms. The van der Waals surface area contributed by atoms with E-state index in [9.17, 15) is 0 Å². The topological polar surface area (TPSA) is 0 Å². The van der Waals surface area contributed by atoms with E-state index in [1.165, 1.54) is 44.9 Å². The Morgan fingerprint density at radius 1 is 0.750 bits per heavy atom.